The predicted molar refractivity (Wildman–Crippen MR) is 72.1 cm³/mol. The summed E-state index contributed by atoms with van der Waals surface area (Å²) in [7, 11) is 0. The zero-order chi connectivity index (χ0) is 16.3. The molecule has 0 N–H and O–H groups in total. The summed E-state index contributed by atoms with van der Waals surface area (Å²) in [5.74, 6) is 0.234. The number of piperidine rings is 1. The monoisotopic (exact) mass is 322 g/mol. The minimum atomic E-state index is -4.56. The number of halogens is 3. The van der Waals surface area contributed by atoms with E-state index in [-0.39, 0.29) is 12.5 Å². The van der Waals surface area contributed by atoms with E-state index >= 15 is 0 Å². The number of ether oxygens (including phenoxy) is 1. The van der Waals surface area contributed by atoms with Crippen LogP contribution in [0.5, 0.6) is 0 Å². The molecule has 2 amide bonds. The lowest BCUT2D eigenvalue weighted by Crippen LogP contribution is -2.50. The van der Waals surface area contributed by atoms with Gasteiger partial charge in [-0.1, -0.05) is 6.92 Å². The molecule has 2 aliphatic rings. The summed E-state index contributed by atoms with van der Waals surface area (Å²) in [5.41, 5.74) is 0. The fraction of sp³-hybridized carbons (Fsp3) is 0.857. The van der Waals surface area contributed by atoms with Crippen molar-refractivity contribution in [2.45, 2.75) is 44.8 Å². The molecule has 0 saturated carbocycles. The van der Waals surface area contributed by atoms with Crippen molar-refractivity contribution in [2.24, 2.45) is 5.92 Å². The first-order valence-electron chi connectivity index (χ1n) is 7.57. The lowest BCUT2D eigenvalue weighted by molar-refractivity contribution is -0.163. The van der Waals surface area contributed by atoms with Gasteiger partial charge in [-0.25, -0.2) is 4.79 Å². The third-order valence-corrected chi connectivity index (χ3v) is 4.10. The fourth-order valence-electron chi connectivity index (χ4n) is 3.07. The molecule has 0 aliphatic carbocycles. The summed E-state index contributed by atoms with van der Waals surface area (Å²) >= 11 is 0. The Bertz CT molecular complexity index is 428. The van der Waals surface area contributed by atoms with Crippen molar-refractivity contribution in [3.05, 3.63) is 0 Å². The SMILES string of the molecule is C[C@@H]1CCCN(C(=O)[C@H]2CCCN2C(=O)OCC(F)(F)F)C1. The van der Waals surface area contributed by atoms with Crippen LogP contribution in [-0.2, 0) is 9.53 Å². The van der Waals surface area contributed by atoms with E-state index < -0.39 is 24.9 Å². The average molecular weight is 322 g/mol. The Hall–Kier alpha value is -1.47. The second kappa shape index (κ2) is 6.75. The van der Waals surface area contributed by atoms with Gasteiger partial charge in [0, 0.05) is 19.6 Å². The first-order valence-corrected chi connectivity index (χ1v) is 7.57. The summed E-state index contributed by atoms with van der Waals surface area (Å²) in [4.78, 5) is 27.2. The molecule has 2 atom stereocenters. The molecule has 0 unspecified atom stereocenters. The number of rotatable bonds is 2. The van der Waals surface area contributed by atoms with Gasteiger partial charge in [-0.15, -0.1) is 0 Å². The molecule has 2 heterocycles. The maximum atomic E-state index is 12.5. The van der Waals surface area contributed by atoms with Crippen molar-refractivity contribution in [1.82, 2.24) is 9.80 Å². The van der Waals surface area contributed by atoms with Crippen LogP contribution in [0.25, 0.3) is 0 Å². The molecule has 5 nitrogen and oxygen atoms in total. The predicted octanol–water partition coefficient (Wildman–Crippen LogP) is 2.41. The molecule has 22 heavy (non-hydrogen) atoms. The summed E-state index contributed by atoms with van der Waals surface area (Å²) in [6.07, 6.45) is -2.56. The van der Waals surface area contributed by atoms with Crippen molar-refractivity contribution in [3.8, 4) is 0 Å². The van der Waals surface area contributed by atoms with Crippen molar-refractivity contribution in [3.63, 3.8) is 0 Å². The van der Waals surface area contributed by atoms with Gasteiger partial charge in [0.2, 0.25) is 5.91 Å². The van der Waals surface area contributed by atoms with Gasteiger partial charge in [0.05, 0.1) is 0 Å². The van der Waals surface area contributed by atoms with E-state index in [0.29, 0.717) is 31.8 Å². The zero-order valence-electron chi connectivity index (χ0n) is 12.6. The molecule has 2 fully saturated rings. The number of likely N-dealkylation sites (tertiary alicyclic amines) is 2. The second-order valence-electron chi connectivity index (χ2n) is 6.05. The number of carbonyl (C=O) groups is 2. The third kappa shape index (κ3) is 4.27. The number of hydrogen-bond donors (Lipinski definition) is 0. The highest BCUT2D eigenvalue weighted by atomic mass is 19.4. The Morgan fingerprint density at radius 2 is 1.86 bits per heavy atom. The van der Waals surface area contributed by atoms with Gasteiger partial charge in [-0.3, -0.25) is 9.69 Å². The number of alkyl halides is 3. The van der Waals surface area contributed by atoms with E-state index in [0.717, 1.165) is 17.7 Å². The maximum absolute atomic E-state index is 12.5. The number of hydrogen-bond acceptors (Lipinski definition) is 3. The standard InChI is InChI=1S/C14H21F3N2O3/c1-10-4-2-6-18(8-10)12(20)11-5-3-7-19(11)13(21)22-9-14(15,16)17/h10-11H,2-9H2,1H3/t10-,11-/m1/s1. The zero-order valence-corrected chi connectivity index (χ0v) is 12.6. The summed E-state index contributed by atoms with van der Waals surface area (Å²) < 4.78 is 40.6. The van der Waals surface area contributed by atoms with Crippen LogP contribution in [0.1, 0.15) is 32.6 Å². The molecule has 2 saturated heterocycles. The number of amides is 2. The first kappa shape index (κ1) is 16.9. The highest BCUT2D eigenvalue weighted by Crippen LogP contribution is 2.24. The van der Waals surface area contributed by atoms with Crippen LogP contribution in [0.2, 0.25) is 0 Å². The van der Waals surface area contributed by atoms with E-state index in [1.54, 1.807) is 4.90 Å². The van der Waals surface area contributed by atoms with Gasteiger partial charge in [0.25, 0.3) is 0 Å². The highest BCUT2D eigenvalue weighted by molar-refractivity contribution is 5.86. The molecule has 0 radical (unpaired) electrons. The Morgan fingerprint density at radius 1 is 1.18 bits per heavy atom. The third-order valence-electron chi connectivity index (χ3n) is 4.10. The Labute approximate surface area is 127 Å². The molecule has 126 valence electrons. The average Bonchev–Trinajstić information content (AvgIpc) is 2.92. The van der Waals surface area contributed by atoms with E-state index in [4.69, 9.17) is 0 Å². The molecule has 0 aromatic rings. The quantitative estimate of drug-likeness (QED) is 0.784. The molecule has 0 aromatic carbocycles. The normalized spacial score (nSPS) is 26.2. The second-order valence-corrected chi connectivity index (χ2v) is 6.05. The van der Waals surface area contributed by atoms with Gasteiger partial charge in [-0.2, -0.15) is 13.2 Å². The lowest BCUT2D eigenvalue weighted by Gasteiger charge is -2.34. The fourth-order valence-corrected chi connectivity index (χ4v) is 3.07. The topological polar surface area (TPSA) is 49.9 Å². The van der Waals surface area contributed by atoms with E-state index in [1.165, 1.54) is 0 Å². The van der Waals surface area contributed by atoms with Crippen molar-refractivity contribution >= 4 is 12.0 Å². The lowest BCUT2D eigenvalue weighted by atomic mass is 9.99. The summed E-state index contributed by atoms with van der Waals surface area (Å²) in [6.45, 7) is 1.98. The maximum Gasteiger partial charge on any atom is 0.422 e. The van der Waals surface area contributed by atoms with E-state index in [1.807, 2.05) is 0 Å². The molecule has 0 bridgehead atoms. The molecule has 0 spiro atoms. The van der Waals surface area contributed by atoms with Crippen LogP contribution in [0.3, 0.4) is 0 Å². The Balaban J connectivity index is 1.94. The van der Waals surface area contributed by atoms with Gasteiger partial charge in [-0.05, 0) is 31.6 Å². The van der Waals surface area contributed by atoms with Gasteiger partial charge < -0.3 is 9.64 Å². The van der Waals surface area contributed by atoms with Gasteiger partial charge >= 0.3 is 12.3 Å². The molecular formula is C14H21F3N2O3. The molecule has 0 aromatic heterocycles. The van der Waals surface area contributed by atoms with Gasteiger partial charge in [0.15, 0.2) is 6.61 Å². The minimum absolute atomic E-state index is 0.173. The van der Waals surface area contributed by atoms with Crippen LogP contribution in [0.15, 0.2) is 0 Å². The van der Waals surface area contributed by atoms with E-state index in [2.05, 4.69) is 11.7 Å². The van der Waals surface area contributed by atoms with Crippen molar-refractivity contribution in [2.75, 3.05) is 26.2 Å². The van der Waals surface area contributed by atoms with Crippen LogP contribution < -0.4 is 0 Å². The van der Waals surface area contributed by atoms with Crippen LogP contribution in [0.4, 0.5) is 18.0 Å². The van der Waals surface area contributed by atoms with Gasteiger partial charge in [0.1, 0.15) is 6.04 Å². The summed E-state index contributed by atoms with van der Waals surface area (Å²) in [6, 6.07) is -0.689. The largest absolute Gasteiger partial charge is 0.440 e. The number of nitrogens with zero attached hydrogens (tertiary/aromatic N) is 2. The van der Waals surface area contributed by atoms with Crippen molar-refractivity contribution < 1.29 is 27.5 Å². The van der Waals surface area contributed by atoms with Crippen LogP contribution >= 0.6 is 0 Å². The Morgan fingerprint density at radius 3 is 2.50 bits per heavy atom. The van der Waals surface area contributed by atoms with Crippen LogP contribution in [0, 0.1) is 5.92 Å². The molecule has 2 rings (SSSR count). The smallest absolute Gasteiger partial charge is 0.422 e. The number of carbonyl (C=O) groups excluding carboxylic acids is 2. The molecule has 2 aliphatic heterocycles. The first-order chi connectivity index (χ1) is 10.3. The highest BCUT2D eigenvalue weighted by Gasteiger charge is 2.39. The summed E-state index contributed by atoms with van der Waals surface area (Å²) in [5, 5.41) is 0. The van der Waals surface area contributed by atoms with Crippen LogP contribution in [-0.4, -0.2) is 60.3 Å². The minimum Gasteiger partial charge on any atom is -0.440 e. The Kier molecular flexibility index (Phi) is 5.18. The van der Waals surface area contributed by atoms with E-state index in [9.17, 15) is 22.8 Å². The van der Waals surface area contributed by atoms with Crippen molar-refractivity contribution in [1.29, 1.82) is 0 Å². The molecule has 8 heteroatoms. The molecular weight excluding hydrogens is 301 g/mol.